The summed E-state index contributed by atoms with van der Waals surface area (Å²) in [6, 6.07) is 61.7. The van der Waals surface area contributed by atoms with Crippen LogP contribution in [-0.4, -0.2) is 0 Å². The molecule has 0 atom stereocenters. The molecule has 0 aliphatic heterocycles. The molecule has 0 spiro atoms. The molecule has 0 N–H and O–H groups in total. The second kappa shape index (κ2) is 10.2. The minimum Gasteiger partial charge on any atom is -0.456 e. The topological polar surface area (TPSA) is 13.1 Å². The van der Waals surface area contributed by atoms with Crippen molar-refractivity contribution in [1.82, 2.24) is 0 Å². The molecule has 47 heavy (non-hydrogen) atoms. The van der Waals surface area contributed by atoms with Gasteiger partial charge in [-0.1, -0.05) is 121 Å². The fourth-order valence-electron chi connectivity index (χ4n) is 7.39. The van der Waals surface area contributed by atoms with Crippen LogP contribution in [0.5, 0.6) is 0 Å². The van der Waals surface area contributed by atoms with Crippen molar-refractivity contribution in [3.05, 3.63) is 170 Å². The van der Waals surface area contributed by atoms with Crippen molar-refractivity contribution < 1.29 is 4.42 Å². The van der Waals surface area contributed by atoms with Gasteiger partial charge in [0.25, 0.3) is 0 Å². The third-order valence-corrected chi connectivity index (χ3v) is 9.81. The van der Waals surface area contributed by atoms with Crippen molar-refractivity contribution in [3.63, 3.8) is 0 Å². The maximum atomic E-state index is 6.50. The first-order chi connectivity index (χ1) is 23.2. The van der Waals surface area contributed by atoms with E-state index < -0.39 is 0 Å². The average Bonchev–Trinajstić information content (AvgIpc) is 3.51. The molecule has 10 rings (SSSR count). The lowest BCUT2D eigenvalue weighted by Gasteiger charge is -2.12. The summed E-state index contributed by atoms with van der Waals surface area (Å²) < 4.78 is 6.50. The maximum absolute atomic E-state index is 6.50. The molecular formula is C46H28O. The smallest absolute Gasteiger partial charge is 0.136 e. The van der Waals surface area contributed by atoms with Gasteiger partial charge in [-0.2, -0.15) is 0 Å². The number of benzene rings is 9. The Morgan fingerprint density at radius 3 is 1.43 bits per heavy atom. The summed E-state index contributed by atoms with van der Waals surface area (Å²) in [5, 5.41) is 12.4. The minimum atomic E-state index is 0.907. The molecule has 0 radical (unpaired) electrons. The number of hydrogen-bond donors (Lipinski definition) is 0. The second-order valence-electron chi connectivity index (χ2n) is 12.6. The zero-order valence-electron chi connectivity index (χ0n) is 25.6. The van der Waals surface area contributed by atoms with E-state index in [1.807, 2.05) is 0 Å². The molecule has 0 aliphatic rings. The van der Waals surface area contributed by atoms with Crippen molar-refractivity contribution in [2.75, 3.05) is 0 Å². The SMILES string of the molecule is c1ccc2cc(-c3ccc4c(c3)oc3cc(-c5ccc6ccc(-c7cc8ccccc8c8ccccc78)cc6c5)ccc34)ccc2c1. The summed E-state index contributed by atoms with van der Waals surface area (Å²) in [6.07, 6.45) is 0. The molecule has 0 saturated heterocycles. The van der Waals surface area contributed by atoms with E-state index in [1.54, 1.807) is 0 Å². The van der Waals surface area contributed by atoms with Gasteiger partial charge >= 0.3 is 0 Å². The lowest BCUT2D eigenvalue weighted by atomic mass is 9.92. The van der Waals surface area contributed by atoms with Gasteiger partial charge in [0.15, 0.2) is 0 Å². The van der Waals surface area contributed by atoms with Crippen molar-refractivity contribution in [1.29, 1.82) is 0 Å². The highest BCUT2D eigenvalue weighted by molar-refractivity contribution is 6.14. The fraction of sp³-hybridized carbons (Fsp3) is 0. The zero-order chi connectivity index (χ0) is 30.9. The third-order valence-electron chi connectivity index (χ3n) is 9.81. The molecule has 9 aromatic carbocycles. The van der Waals surface area contributed by atoms with Gasteiger partial charge < -0.3 is 4.42 Å². The molecule has 0 aliphatic carbocycles. The van der Waals surface area contributed by atoms with Crippen molar-refractivity contribution in [3.8, 4) is 33.4 Å². The van der Waals surface area contributed by atoms with Crippen molar-refractivity contribution >= 4 is 65.0 Å². The Balaban J connectivity index is 1.05. The van der Waals surface area contributed by atoms with Crippen LogP contribution in [0.3, 0.4) is 0 Å². The van der Waals surface area contributed by atoms with Gasteiger partial charge in [-0.15, -0.1) is 0 Å². The van der Waals surface area contributed by atoms with E-state index in [-0.39, 0.29) is 0 Å². The molecule has 1 aromatic heterocycles. The Kier molecular flexibility index (Phi) is 5.64. The minimum absolute atomic E-state index is 0.907. The normalized spacial score (nSPS) is 11.8. The molecule has 1 nitrogen and oxygen atoms in total. The van der Waals surface area contributed by atoms with E-state index in [4.69, 9.17) is 4.42 Å². The summed E-state index contributed by atoms with van der Waals surface area (Å²) in [4.78, 5) is 0. The fourth-order valence-corrected chi connectivity index (χ4v) is 7.39. The molecule has 1 heterocycles. The van der Waals surface area contributed by atoms with Crippen LogP contribution in [0.25, 0.3) is 98.4 Å². The van der Waals surface area contributed by atoms with Crippen LogP contribution in [0, 0.1) is 0 Å². The maximum Gasteiger partial charge on any atom is 0.136 e. The molecule has 0 saturated carbocycles. The van der Waals surface area contributed by atoms with Gasteiger partial charge in [-0.05, 0) is 125 Å². The highest BCUT2D eigenvalue weighted by atomic mass is 16.3. The number of hydrogen-bond acceptors (Lipinski definition) is 1. The highest BCUT2D eigenvalue weighted by Gasteiger charge is 2.12. The molecule has 1 heteroatoms. The summed E-state index contributed by atoms with van der Waals surface area (Å²) in [6.45, 7) is 0. The Morgan fingerprint density at radius 1 is 0.255 bits per heavy atom. The lowest BCUT2D eigenvalue weighted by Crippen LogP contribution is -1.85. The van der Waals surface area contributed by atoms with E-state index >= 15 is 0 Å². The zero-order valence-corrected chi connectivity index (χ0v) is 25.6. The Bertz CT molecular complexity index is 2850. The van der Waals surface area contributed by atoms with Crippen LogP contribution < -0.4 is 0 Å². The first-order valence-electron chi connectivity index (χ1n) is 16.2. The van der Waals surface area contributed by atoms with Gasteiger partial charge in [-0.25, -0.2) is 0 Å². The number of furan rings is 1. The Labute approximate surface area is 271 Å². The standard InChI is InChI=1S/C46H28O/c1-2-8-31-23-32(16-13-29(31)7-1)34-19-21-42-43-22-20-35(28-46(43)47-45(42)27-34)33-17-14-30-15-18-37(25-38(30)24-33)44-26-36-9-3-4-10-39(36)40-11-5-6-12-41(40)44/h1-28H. The van der Waals surface area contributed by atoms with E-state index in [9.17, 15) is 0 Å². The summed E-state index contributed by atoms with van der Waals surface area (Å²) >= 11 is 0. The van der Waals surface area contributed by atoms with Crippen LogP contribution in [0.2, 0.25) is 0 Å². The first-order valence-corrected chi connectivity index (χ1v) is 16.2. The summed E-state index contributed by atoms with van der Waals surface area (Å²) in [5.74, 6) is 0. The van der Waals surface area contributed by atoms with Gasteiger partial charge in [0.2, 0.25) is 0 Å². The van der Waals surface area contributed by atoms with Crippen molar-refractivity contribution in [2.45, 2.75) is 0 Å². The van der Waals surface area contributed by atoms with Crippen molar-refractivity contribution in [2.24, 2.45) is 0 Å². The van der Waals surface area contributed by atoms with Crippen LogP contribution in [0.15, 0.2) is 174 Å². The number of rotatable bonds is 3. The van der Waals surface area contributed by atoms with E-state index in [1.165, 1.54) is 65.3 Å². The van der Waals surface area contributed by atoms with Crippen LogP contribution >= 0.6 is 0 Å². The number of fused-ring (bicyclic) bond motifs is 8. The summed E-state index contributed by atoms with van der Waals surface area (Å²) in [7, 11) is 0. The molecule has 0 fully saturated rings. The van der Waals surface area contributed by atoms with Crippen LogP contribution in [0.4, 0.5) is 0 Å². The van der Waals surface area contributed by atoms with Crippen LogP contribution in [0.1, 0.15) is 0 Å². The molecule has 10 aromatic rings. The average molecular weight is 597 g/mol. The Hall–Kier alpha value is -6.18. The van der Waals surface area contributed by atoms with E-state index in [0.717, 1.165) is 33.1 Å². The predicted molar refractivity (Wildman–Crippen MR) is 200 cm³/mol. The first kappa shape index (κ1) is 26.1. The van der Waals surface area contributed by atoms with Gasteiger partial charge in [-0.3, -0.25) is 0 Å². The predicted octanol–water partition coefficient (Wildman–Crippen LogP) is 13.2. The lowest BCUT2D eigenvalue weighted by molar-refractivity contribution is 0.669. The Morgan fingerprint density at radius 2 is 0.723 bits per heavy atom. The van der Waals surface area contributed by atoms with E-state index in [2.05, 4.69) is 170 Å². The molecule has 0 unspecified atom stereocenters. The molecular weight excluding hydrogens is 569 g/mol. The largest absolute Gasteiger partial charge is 0.456 e. The third kappa shape index (κ3) is 4.25. The van der Waals surface area contributed by atoms with Gasteiger partial charge in [0.05, 0.1) is 0 Å². The van der Waals surface area contributed by atoms with Crippen LogP contribution in [-0.2, 0) is 0 Å². The van der Waals surface area contributed by atoms with Gasteiger partial charge in [0.1, 0.15) is 11.2 Å². The van der Waals surface area contributed by atoms with Gasteiger partial charge in [0, 0.05) is 10.8 Å². The second-order valence-corrected chi connectivity index (χ2v) is 12.6. The summed E-state index contributed by atoms with van der Waals surface area (Å²) in [5.41, 5.74) is 8.99. The molecule has 0 amide bonds. The molecule has 0 bridgehead atoms. The van der Waals surface area contributed by atoms with E-state index in [0.29, 0.717) is 0 Å². The molecule has 218 valence electrons. The quantitative estimate of drug-likeness (QED) is 0.185. The monoisotopic (exact) mass is 596 g/mol. The highest BCUT2D eigenvalue weighted by Crippen LogP contribution is 2.38.